The lowest BCUT2D eigenvalue weighted by Gasteiger charge is -2.58. The normalized spacial score (nSPS) is 53.7. The molecule has 4 aliphatic carbocycles. The summed E-state index contributed by atoms with van der Waals surface area (Å²) >= 11 is 0. The Bertz CT molecular complexity index is 573. The molecule has 0 aromatic heterocycles. The number of rotatable bonds is 1. The van der Waals surface area contributed by atoms with E-state index in [9.17, 15) is 15.1 Å². The minimum absolute atomic E-state index is 0.0862. The Labute approximate surface area is 138 Å². The molecule has 1 unspecified atom stereocenters. The fourth-order valence-electron chi connectivity index (χ4n) is 7.24. The molecule has 4 rings (SSSR count). The van der Waals surface area contributed by atoms with Crippen LogP contribution in [-0.2, 0) is 4.79 Å². The van der Waals surface area contributed by atoms with Gasteiger partial charge in [-0.25, -0.2) is 0 Å². The van der Waals surface area contributed by atoms with E-state index in [0.29, 0.717) is 17.8 Å². The first kappa shape index (κ1) is 15.5. The minimum atomic E-state index is -0.590. The van der Waals surface area contributed by atoms with E-state index in [4.69, 9.17) is 0 Å². The minimum Gasteiger partial charge on any atom is -0.481 e. The van der Waals surface area contributed by atoms with Crippen molar-refractivity contribution in [1.29, 1.82) is 0 Å². The molecular weight excluding hydrogens is 290 g/mol. The molecule has 0 heterocycles. The van der Waals surface area contributed by atoms with Crippen LogP contribution in [0.5, 0.6) is 0 Å². The molecule has 2 N–H and O–H groups in total. The lowest BCUT2D eigenvalue weighted by molar-refractivity contribution is -0.164. The lowest BCUT2D eigenvalue weighted by Crippen LogP contribution is -2.53. The van der Waals surface area contributed by atoms with Gasteiger partial charge in [-0.05, 0) is 81.5 Å². The zero-order chi connectivity index (χ0) is 16.5. The smallest absolute Gasteiger partial charge is 0.309 e. The molecule has 4 saturated carbocycles. The number of hydrogen-bond donors (Lipinski definition) is 2. The highest BCUT2D eigenvalue weighted by Crippen LogP contribution is 2.69. The molecule has 0 aliphatic heterocycles. The van der Waals surface area contributed by atoms with Crippen LogP contribution >= 0.6 is 0 Å². The van der Waals surface area contributed by atoms with Gasteiger partial charge in [0, 0.05) is 5.41 Å². The number of nitrogens with zero attached hydrogens (tertiary/aromatic N) is 1. The molecule has 4 aliphatic rings. The third kappa shape index (κ3) is 1.90. The van der Waals surface area contributed by atoms with Crippen LogP contribution in [0.4, 0.5) is 0 Å². The largest absolute Gasteiger partial charge is 0.481 e. The zero-order valence-electron chi connectivity index (χ0n) is 14.3. The van der Waals surface area contributed by atoms with Gasteiger partial charge in [-0.1, -0.05) is 18.5 Å². The van der Waals surface area contributed by atoms with Gasteiger partial charge in [-0.3, -0.25) is 4.79 Å². The molecule has 4 heteroatoms. The first-order valence-electron chi connectivity index (χ1n) is 9.29. The zero-order valence-corrected chi connectivity index (χ0v) is 14.3. The summed E-state index contributed by atoms with van der Waals surface area (Å²) in [5.74, 6) is 0.936. The van der Waals surface area contributed by atoms with Crippen molar-refractivity contribution < 1.29 is 15.1 Å². The van der Waals surface area contributed by atoms with Gasteiger partial charge in [0.25, 0.3) is 0 Å². The predicted octanol–water partition coefficient (Wildman–Crippen LogP) is 4.31. The summed E-state index contributed by atoms with van der Waals surface area (Å²) in [5, 5.41) is 23.0. The number of carbonyl (C=O) groups is 1. The van der Waals surface area contributed by atoms with Crippen molar-refractivity contribution in [3.63, 3.8) is 0 Å². The Morgan fingerprint density at radius 2 is 1.87 bits per heavy atom. The number of oxime groups is 1. The molecule has 128 valence electrons. The maximum Gasteiger partial charge on any atom is 0.309 e. The topological polar surface area (TPSA) is 69.9 Å². The number of fused-ring (bicyclic) bond motifs is 3. The molecular formula is C19H29NO3. The van der Waals surface area contributed by atoms with Crippen molar-refractivity contribution in [3.8, 4) is 0 Å². The second-order valence-corrected chi connectivity index (χ2v) is 9.39. The standard InChI is InChI=1S/C19H29NO3/c1-17-8-5-14-12-4-3-7-18(2,16(21)22)13(12)6-9-19(14,11-17)10-15(17)20-23/h12-14,23H,3-11H2,1-2H3,(H,21,22)/b20-15-/t12-,13+,14?,17+,18-,19+/m1/s1. The van der Waals surface area contributed by atoms with E-state index in [1.54, 1.807) is 0 Å². The van der Waals surface area contributed by atoms with Crippen LogP contribution in [-0.4, -0.2) is 22.0 Å². The number of aliphatic carboxylic acids is 1. The molecule has 23 heavy (non-hydrogen) atoms. The van der Waals surface area contributed by atoms with Crippen LogP contribution < -0.4 is 0 Å². The second-order valence-electron chi connectivity index (χ2n) is 9.39. The van der Waals surface area contributed by atoms with Crippen molar-refractivity contribution >= 4 is 11.7 Å². The van der Waals surface area contributed by atoms with E-state index >= 15 is 0 Å². The molecule has 0 aromatic carbocycles. The molecule has 0 radical (unpaired) electrons. The van der Waals surface area contributed by atoms with Gasteiger partial charge in [0.05, 0.1) is 11.1 Å². The number of carboxylic acids is 1. The van der Waals surface area contributed by atoms with E-state index in [1.807, 2.05) is 6.92 Å². The van der Waals surface area contributed by atoms with E-state index < -0.39 is 11.4 Å². The molecule has 0 aromatic rings. The fourth-order valence-corrected chi connectivity index (χ4v) is 7.24. The van der Waals surface area contributed by atoms with Gasteiger partial charge < -0.3 is 10.3 Å². The SMILES string of the molecule is C[C@@]12CCC3[C@@H]4CCC[C@@](C)(C(=O)O)[C@H]4CC[C@]3(C/C1=N/O)C2. The van der Waals surface area contributed by atoms with Crippen LogP contribution in [0.1, 0.15) is 71.6 Å². The average Bonchev–Trinajstić information content (AvgIpc) is 2.73. The summed E-state index contributed by atoms with van der Waals surface area (Å²) in [4.78, 5) is 11.9. The van der Waals surface area contributed by atoms with Gasteiger partial charge in [-0.15, -0.1) is 0 Å². The van der Waals surface area contributed by atoms with Crippen molar-refractivity contribution in [1.82, 2.24) is 0 Å². The van der Waals surface area contributed by atoms with Gasteiger partial charge in [0.2, 0.25) is 0 Å². The van der Waals surface area contributed by atoms with Crippen LogP contribution in [0.2, 0.25) is 0 Å². The number of carboxylic acid groups (broad SMARTS) is 1. The Balaban J connectivity index is 1.69. The third-order valence-electron chi connectivity index (χ3n) is 8.40. The highest BCUT2D eigenvalue weighted by molar-refractivity contribution is 5.92. The summed E-state index contributed by atoms with van der Waals surface area (Å²) < 4.78 is 0. The number of hydrogen-bond acceptors (Lipinski definition) is 3. The van der Waals surface area contributed by atoms with Crippen LogP contribution in [0.25, 0.3) is 0 Å². The monoisotopic (exact) mass is 319 g/mol. The van der Waals surface area contributed by atoms with E-state index in [2.05, 4.69) is 12.1 Å². The first-order valence-corrected chi connectivity index (χ1v) is 9.29. The summed E-state index contributed by atoms with van der Waals surface area (Å²) in [6.07, 6.45) is 9.63. The molecule has 4 fully saturated rings. The van der Waals surface area contributed by atoms with Crippen molar-refractivity contribution in [2.75, 3.05) is 0 Å². The summed E-state index contributed by atoms with van der Waals surface area (Å²) in [7, 11) is 0. The summed E-state index contributed by atoms with van der Waals surface area (Å²) in [5.41, 5.74) is 0.850. The second kappa shape index (κ2) is 4.73. The van der Waals surface area contributed by atoms with E-state index in [0.717, 1.165) is 50.7 Å². The first-order chi connectivity index (χ1) is 10.8. The summed E-state index contributed by atoms with van der Waals surface area (Å²) in [6.45, 7) is 4.26. The average molecular weight is 319 g/mol. The van der Waals surface area contributed by atoms with Crippen molar-refractivity contribution in [2.45, 2.75) is 71.6 Å². The summed E-state index contributed by atoms with van der Waals surface area (Å²) in [6, 6.07) is 0. The third-order valence-corrected chi connectivity index (χ3v) is 8.40. The molecule has 0 saturated heterocycles. The van der Waals surface area contributed by atoms with Crippen LogP contribution in [0.15, 0.2) is 5.16 Å². The van der Waals surface area contributed by atoms with Crippen molar-refractivity contribution in [2.24, 2.45) is 39.2 Å². The van der Waals surface area contributed by atoms with Gasteiger partial charge >= 0.3 is 5.97 Å². The highest BCUT2D eigenvalue weighted by atomic mass is 16.4. The molecule has 2 bridgehead atoms. The fraction of sp³-hybridized carbons (Fsp3) is 0.895. The van der Waals surface area contributed by atoms with Crippen LogP contribution in [0.3, 0.4) is 0 Å². The Morgan fingerprint density at radius 1 is 1.13 bits per heavy atom. The predicted molar refractivity (Wildman–Crippen MR) is 87.5 cm³/mol. The van der Waals surface area contributed by atoms with E-state index in [1.165, 1.54) is 12.8 Å². The molecule has 1 spiro atoms. The quantitative estimate of drug-likeness (QED) is 0.559. The lowest BCUT2D eigenvalue weighted by atomic mass is 9.46. The Hall–Kier alpha value is -1.06. The van der Waals surface area contributed by atoms with Gasteiger partial charge in [-0.2, -0.15) is 0 Å². The highest BCUT2D eigenvalue weighted by Gasteiger charge is 2.63. The maximum absolute atomic E-state index is 11.9. The Kier molecular flexibility index (Phi) is 3.18. The van der Waals surface area contributed by atoms with Crippen molar-refractivity contribution in [3.05, 3.63) is 0 Å². The molecule has 4 nitrogen and oxygen atoms in total. The van der Waals surface area contributed by atoms with Gasteiger partial charge in [0.1, 0.15) is 0 Å². The van der Waals surface area contributed by atoms with E-state index in [-0.39, 0.29) is 10.8 Å². The van der Waals surface area contributed by atoms with Crippen LogP contribution in [0, 0.1) is 34.0 Å². The molecule has 0 amide bonds. The Morgan fingerprint density at radius 3 is 2.57 bits per heavy atom. The molecule has 6 atom stereocenters. The maximum atomic E-state index is 11.9. The van der Waals surface area contributed by atoms with Gasteiger partial charge in [0.15, 0.2) is 0 Å².